The zero-order chi connectivity index (χ0) is 24.3. The molecular formula is C25H27N5O4S. The Balaban J connectivity index is 1.28. The third kappa shape index (κ3) is 5.09. The lowest BCUT2D eigenvalue weighted by Gasteiger charge is -2.34. The molecule has 2 fully saturated rings. The predicted molar refractivity (Wildman–Crippen MR) is 130 cm³/mol. The summed E-state index contributed by atoms with van der Waals surface area (Å²) >= 11 is 0. The van der Waals surface area contributed by atoms with Gasteiger partial charge in [0.2, 0.25) is 27.5 Å². The number of sulfonamides is 1. The third-order valence-electron chi connectivity index (χ3n) is 6.33. The molecule has 0 unspecified atom stereocenters. The molecule has 3 aromatic rings. The topological polar surface area (TPSA) is 103 Å². The van der Waals surface area contributed by atoms with Crippen molar-refractivity contribution in [1.82, 2.24) is 14.2 Å². The maximum atomic E-state index is 12.9. The van der Waals surface area contributed by atoms with Gasteiger partial charge < -0.3 is 14.1 Å². The zero-order valence-corrected chi connectivity index (χ0v) is 20.2. The number of anilines is 1. The molecule has 182 valence electrons. The van der Waals surface area contributed by atoms with Crippen molar-refractivity contribution in [3.63, 3.8) is 0 Å². The lowest BCUT2D eigenvalue weighted by molar-refractivity contribution is 0.0730. The van der Waals surface area contributed by atoms with Crippen LogP contribution in [0.1, 0.15) is 11.3 Å². The molecule has 1 aromatic heterocycles. The number of hydrogen-bond donors (Lipinski definition) is 0. The highest BCUT2D eigenvalue weighted by molar-refractivity contribution is 7.89. The summed E-state index contributed by atoms with van der Waals surface area (Å²) in [4.78, 5) is 9.02. The normalized spacial score (nSPS) is 17.9. The number of nitrogens with zero attached hydrogens (tertiary/aromatic N) is 5. The van der Waals surface area contributed by atoms with Gasteiger partial charge in [-0.25, -0.2) is 8.42 Å². The van der Waals surface area contributed by atoms with Crippen molar-refractivity contribution in [1.29, 1.82) is 5.26 Å². The zero-order valence-electron chi connectivity index (χ0n) is 19.3. The first-order valence-electron chi connectivity index (χ1n) is 11.6. The van der Waals surface area contributed by atoms with Crippen LogP contribution >= 0.6 is 0 Å². The van der Waals surface area contributed by atoms with E-state index in [1.54, 1.807) is 24.3 Å². The Labute approximate surface area is 205 Å². The van der Waals surface area contributed by atoms with Crippen LogP contribution in [0.5, 0.6) is 0 Å². The quantitative estimate of drug-likeness (QED) is 0.516. The molecule has 0 atom stereocenters. The molecule has 0 radical (unpaired) electrons. The summed E-state index contributed by atoms with van der Waals surface area (Å²) in [6.45, 7) is 5.53. The number of aromatic nitrogens is 1. The van der Waals surface area contributed by atoms with E-state index in [4.69, 9.17) is 9.15 Å². The van der Waals surface area contributed by atoms with Crippen LogP contribution in [0.15, 0.2) is 63.9 Å². The molecule has 0 N–H and O–H groups in total. The van der Waals surface area contributed by atoms with Crippen LogP contribution < -0.4 is 4.90 Å². The molecule has 0 aliphatic carbocycles. The molecule has 0 saturated carbocycles. The van der Waals surface area contributed by atoms with Crippen LogP contribution in [0, 0.1) is 11.3 Å². The van der Waals surface area contributed by atoms with Crippen molar-refractivity contribution in [3.05, 3.63) is 65.9 Å². The van der Waals surface area contributed by atoms with Crippen LogP contribution in [0.3, 0.4) is 0 Å². The Hall–Kier alpha value is -3.23. The van der Waals surface area contributed by atoms with Gasteiger partial charge in [0.15, 0.2) is 0 Å². The van der Waals surface area contributed by atoms with E-state index in [0.29, 0.717) is 43.6 Å². The van der Waals surface area contributed by atoms with E-state index in [2.05, 4.69) is 28.1 Å². The molecule has 9 nitrogen and oxygen atoms in total. The minimum absolute atomic E-state index is 0.213. The first-order valence-corrected chi connectivity index (χ1v) is 13.1. The van der Waals surface area contributed by atoms with Crippen molar-refractivity contribution in [3.8, 4) is 17.5 Å². The van der Waals surface area contributed by atoms with Gasteiger partial charge in [0.05, 0.1) is 18.1 Å². The largest absolute Gasteiger partial charge is 0.419 e. The van der Waals surface area contributed by atoms with Gasteiger partial charge in [-0.1, -0.05) is 30.3 Å². The third-order valence-corrected chi connectivity index (χ3v) is 8.25. The Morgan fingerprint density at radius 1 is 0.914 bits per heavy atom. The lowest BCUT2D eigenvalue weighted by atomic mass is 10.2. The molecule has 0 bridgehead atoms. The van der Waals surface area contributed by atoms with Gasteiger partial charge >= 0.3 is 0 Å². The molecular weight excluding hydrogens is 466 g/mol. The summed E-state index contributed by atoms with van der Waals surface area (Å²) in [7, 11) is -3.58. The fourth-order valence-electron chi connectivity index (χ4n) is 4.38. The lowest BCUT2D eigenvalue weighted by Crippen LogP contribution is -2.46. The molecule has 2 aliphatic heterocycles. The summed E-state index contributed by atoms with van der Waals surface area (Å²) < 4.78 is 38.4. The molecule has 3 heterocycles. The van der Waals surface area contributed by atoms with Gasteiger partial charge in [0.1, 0.15) is 6.07 Å². The maximum absolute atomic E-state index is 12.9. The first-order chi connectivity index (χ1) is 17.0. The number of morpholine rings is 1. The number of ether oxygens (including phenoxy) is 1. The second-order valence-corrected chi connectivity index (χ2v) is 10.5. The minimum Gasteiger partial charge on any atom is -0.419 e. The summed E-state index contributed by atoms with van der Waals surface area (Å²) in [6, 6.07) is 18.9. The van der Waals surface area contributed by atoms with Crippen LogP contribution in [0.2, 0.25) is 0 Å². The number of nitriles is 1. The van der Waals surface area contributed by atoms with Crippen molar-refractivity contribution in [2.75, 3.05) is 57.4 Å². The molecule has 0 amide bonds. The van der Waals surface area contributed by atoms with Gasteiger partial charge in [-0.3, -0.25) is 4.90 Å². The second-order valence-electron chi connectivity index (χ2n) is 8.57. The van der Waals surface area contributed by atoms with Crippen LogP contribution in [0.4, 0.5) is 5.88 Å². The Bertz CT molecular complexity index is 1290. The standard InChI is InChI=1S/C25H27N5O4S/c26-18-23-25(29-12-10-28(11-13-29)19-20-4-2-1-3-5-20)34-24(27-23)21-6-8-22(9-7-21)35(31,32)30-14-16-33-17-15-30/h1-9H,10-17,19H2. The summed E-state index contributed by atoms with van der Waals surface area (Å²) in [5.74, 6) is 0.769. The smallest absolute Gasteiger partial charge is 0.243 e. The molecule has 5 rings (SSSR count). The van der Waals surface area contributed by atoms with Crippen LogP contribution in [-0.4, -0.2) is 75.1 Å². The maximum Gasteiger partial charge on any atom is 0.243 e. The van der Waals surface area contributed by atoms with E-state index in [1.165, 1.54) is 9.87 Å². The van der Waals surface area contributed by atoms with E-state index in [9.17, 15) is 13.7 Å². The number of benzene rings is 2. The van der Waals surface area contributed by atoms with Crippen molar-refractivity contribution < 1.29 is 17.6 Å². The van der Waals surface area contributed by atoms with E-state index in [1.807, 2.05) is 23.1 Å². The average Bonchev–Trinajstić information content (AvgIpc) is 3.35. The number of piperazine rings is 1. The highest BCUT2D eigenvalue weighted by atomic mass is 32.2. The highest BCUT2D eigenvalue weighted by Gasteiger charge is 2.27. The minimum atomic E-state index is -3.58. The fraction of sp³-hybridized carbons (Fsp3) is 0.360. The van der Waals surface area contributed by atoms with Crippen LogP contribution in [0.25, 0.3) is 11.5 Å². The Morgan fingerprint density at radius 3 is 2.26 bits per heavy atom. The Morgan fingerprint density at radius 2 is 1.60 bits per heavy atom. The molecule has 2 aromatic carbocycles. The van der Waals surface area contributed by atoms with E-state index in [-0.39, 0.29) is 10.6 Å². The van der Waals surface area contributed by atoms with Gasteiger partial charge in [-0.2, -0.15) is 14.6 Å². The fourth-order valence-corrected chi connectivity index (χ4v) is 5.79. The summed E-state index contributed by atoms with van der Waals surface area (Å²) in [5.41, 5.74) is 2.14. The SMILES string of the molecule is N#Cc1nc(-c2ccc(S(=O)(=O)N3CCOCC3)cc2)oc1N1CCN(Cc2ccccc2)CC1. The van der Waals surface area contributed by atoms with E-state index < -0.39 is 10.0 Å². The first kappa shape index (κ1) is 23.5. The summed E-state index contributed by atoms with van der Waals surface area (Å²) in [6.07, 6.45) is 0. The van der Waals surface area contributed by atoms with E-state index in [0.717, 1.165) is 32.7 Å². The van der Waals surface area contributed by atoms with Gasteiger partial charge in [0, 0.05) is 51.4 Å². The number of oxazole rings is 1. The van der Waals surface area contributed by atoms with Crippen molar-refractivity contribution in [2.45, 2.75) is 11.4 Å². The average molecular weight is 494 g/mol. The van der Waals surface area contributed by atoms with E-state index >= 15 is 0 Å². The molecule has 35 heavy (non-hydrogen) atoms. The number of rotatable bonds is 6. The van der Waals surface area contributed by atoms with Gasteiger partial charge in [0.25, 0.3) is 0 Å². The molecule has 2 saturated heterocycles. The molecule has 2 aliphatic rings. The molecule has 10 heteroatoms. The van der Waals surface area contributed by atoms with Crippen molar-refractivity contribution >= 4 is 15.9 Å². The van der Waals surface area contributed by atoms with Crippen LogP contribution in [-0.2, 0) is 21.3 Å². The monoisotopic (exact) mass is 493 g/mol. The van der Waals surface area contributed by atoms with Crippen molar-refractivity contribution in [2.24, 2.45) is 0 Å². The number of hydrogen-bond acceptors (Lipinski definition) is 8. The van der Waals surface area contributed by atoms with Gasteiger partial charge in [-0.05, 0) is 29.8 Å². The summed E-state index contributed by atoms with van der Waals surface area (Å²) in [5, 5.41) is 9.65. The predicted octanol–water partition coefficient (Wildman–Crippen LogP) is 2.56. The Kier molecular flexibility index (Phi) is 6.83. The highest BCUT2D eigenvalue weighted by Crippen LogP contribution is 2.30. The molecule has 0 spiro atoms. The second kappa shape index (κ2) is 10.2. The van der Waals surface area contributed by atoms with Gasteiger partial charge in [-0.15, -0.1) is 0 Å².